The van der Waals surface area contributed by atoms with Crippen LogP contribution >= 0.6 is 0 Å². The molecule has 0 aliphatic rings. The molecule has 1 rings (SSSR count). The van der Waals surface area contributed by atoms with E-state index in [-0.39, 0.29) is 5.91 Å². The molecular weight excluding hydrogens is 168 g/mol. The predicted octanol–water partition coefficient (Wildman–Crippen LogP) is 1.45. The molecule has 0 aliphatic carbocycles. The first-order valence-electron chi connectivity index (χ1n) is 3.77. The Kier molecular flexibility index (Phi) is 3.03. The van der Waals surface area contributed by atoms with E-state index in [0.717, 1.165) is 11.3 Å². The van der Waals surface area contributed by atoms with Crippen molar-refractivity contribution in [1.82, 2.24) is 0 Å². The number of benzene rings is 1. The molecule has 13 heavy (non-hydrogen) atoms. The van der Waals surface area contributed by atoms with Gasteiger partial charge in [0.2, 0.25) is 5.91 Å². The lowest BCUT2D eigenvalue weighted by atomic mass is 10.2. The first-order chi connectivity index (χ1) is 6.22. The minimum Gasteiger partial charge on any atom is -0.411 e. The van der Waals surface area contributed by atoms with Crippen molar-refractivity contribution >= 4 is 17.8 Å². The number of oxime groups is 1. The van der Waals surface area contributed by atoms with Crippen LogP contribution in [0.15, 0.2) is 29.4 Å². The number of hydrogen-bond donors (Lipinski definition) is 2. The highest BCUT2D eigenvalue weighted by Crippen LogP contribution is 2.07. The van der Waals surface area contributed by atoms with Crippen molar-refractivity contribution in [2.24, 2.45) is 5.16 Å². The standard InChI is InChI=1S/C9H10N2O2/c1-7(12)11-9-4-2-8(3-5-9)6-10-13/h2-6,13H,1H3,(H,11,12)/b10-6+. The van der Waals surface area contributed by atoms with Gasteiger partial charge in [-0.1, -0.05) is 17.3 Å². The highest BCUT2D eigenvalue weighted by atomic mass is 16.4. The van der Waals surface area contributed by atoms with E-state index in [1.165, 1.54) is 13.1 Å². The molecule has 4 nitrogen and oxygen atoms in total. The van der Waals surface area contributed by atoms with Gasteiger partial charge in [-0.25, -0.2) is 0 Å². The van der Waals surface area contributed by atoms with Crippen molar-refractivity contribution in [2.45, 2.75) is 6.92 Å². The third-order valence-corrected chi connectivity index (χ3v) is 1.44. The largest absolute Gasteiger partial charge is 0.411 e. The van der Waals surface area contributed by atoms with Gasteiger partial charge in [-0.2, -0.15) is 0 Å². The molecule has 0 aliphatic heterocycles. The Labute approximate surface area is 75.9 Å². The Bertz CT molecular complexity index is 317. The highest BCUT2D eigenvalue weighted by Gasteiger charge is 1.94. The van der Waals surface area contributed by atoms with Crippen LogP contribution in [0.2, 0.25) is 0 Å². The third-order valence-electron chi connectivity index (χ3n) is 1.44. The zero-order chi connectivity index (χ0) is 9.68. The van der Waals surface area contributed by atoms with Crippen LogP contribution in [0.25, 0.3) is 0 Å². The Balaban J connectivity index is 2.75. The van der Waals surface area contributed by atoms with Crippen LogP contribution in [0.3, 0.4) is 0 Å². The first kappa shape index (κ1) is 9.25. The van der Waals surface area contributed by atoms with Crippen molar-refractivity contribution in [2.75, 3.05) is 5.32 Å². The van der Waals surface area contributed by atoms with Crippen molar-refractivity contribution in [3.63, 3.8) is 0 Å². The van der Waals surface area contributed by atoms with E-state index in [4.69, 9.17) is 5.21 Å². The summed E-state index contributed by atoms with van der Waals surface area (Å²) in [6.07, 6.45) is 1.32. The Morgan fingerprint density at radius 2 is 2.08 bits per heavy atom. The lowest BCUT2D eigenvalue weighted by Crippen LogP contribution is -2.05. The van der Waals surface area contributed by atoms with Gasteiger partial charge in [-0.15, -0.1) is 0 Å². The van der Waals surface area contributed by atoms with Gasteiger partial charge in [0.25, 0.3) is 0 Å². The number of nitrogens with one attached hydrogen (secondary N) is 1. The summed E-state index contributed by atoms with van der Waals surface area (Å²) in [5.74, 6) is -0.108. The monoisotopic (exact) mass is 178 g/mol. The van der Waals surface area contributed by atoms with E-state index in [1.807, 2.05) is 0 Å². The fraction of sp³-hybridized carbons (Fsp3) is 0.111. The maximum Gasteiger partial charge on any atom is 0.221 e. The summed E-state index contributed by atoms with van der Waals surface area (Å²) in [5, 5.41) is 13.7. The van der Waals surface area contributed by atoms with Crippen molar-refractivity contribution in [1.29, 1.82) is 0 Å². The van der Waals surface area contributed by atoms with Crippen LogP contribution in [0.5, 0.6) is 0 Å². The summed E-state index contributed by atoms with van der Waals surface area (Å²) in [4.78, 5) is 10.6. The summed E-state index contributed by atoms with van der Waals surface area (Å²) in [6, 6.07) is 6.95. The normalized spacial score (nSPS) is 10.2. The van der Waals surface area contributed by atoms with E-state index in [1.54, 1.807) is 24.3 Å². The van der Waals surface area contributed by atoms with E-state index < -0.39 is 0 Å². The summed E-state index contributed by atoms with van der Waals surface area (Å²) in [6.45, 7) is 1.45. The molecule has 0 saturated heterocycles. The van der Waals surface area contributed by atoms with E-state index in [2.05, 4.69) is 10.5 Å². The quantitative estimate of drug-likeness (QED) is 0.409. The molecule has 0 unspecified atom stereocenters. The maximum atomic E-state index is 10.6. The summed E-state index contributed by atoms with van der Waals surface area (Å²) in [5.41, 5.74) is 1.50. The molecule has 68 valence electrons. The van der Waals surface area contributed by atoms with Crippen LogP contribution in [0.1, 0.15) is 12.5 Å². The Morgan fingerprint density at radius 1 is 1.46 bits per heavy atom. The second-order valence-electron chi connectivity index (χ2n) is 2.55. The second kappa shape index (κ2) is 4.25. The fourth-order valence-electron chi connectivity index (χ4n) is 0.922. The number of amides is 1. The average molecular weight is 178 g/mol. The van der Waals surface area contributed by atoms with Crippen molar-refractivity contribution in [3.05, 3.63) is 29.8 Å². The van der Waals surface area contributed by atoms with Gasteiger partial charge in [-0.3, -0.25) is 4.79 Å². The molecule has 0 heterocycles. The third kappa shape index (κ3) is 2.94. The molecule has 0 spiro atoms. The van der Waals surface area contributed by atoms with Crippen LogP contribution in [-0.2, 0) is 4.79 Å². The molecular formula is C9H10N2O2. The van der Waals surface area contributed by atoms with Crippen molar-refractivity contribution in [3.8, 4) is 0 Å². The van der Waals surface area contributed by atoms with E-state index in [0.29, 0.717) is 0 Å². The highest BCUT2D eigenvalue weighted by molar-refractivity contribution is 5.89. The number of carbonyl (C=O) groups is 1. The molecule has 0 radical (unpaired) electrons. The number of anilines is 1. The average Bonchev–Trinajstić information content (AvgIpc) is 2.08. The Morgan fingerprint density at radius 3 is 2.54 bits per heavy atom. The first-order valence-corrected chi connectivity index (χ1v) is 3.77. The summed E-state index contributed by atoms with van der Waals surface area (Å²) < 4.78 is 0. The summed E-state index contributed by atoms with van der Waals surface area (Å²) >= 11 is 0. The molecule has 0 saturated carbocycles. The van der Waals surface area contributed by atoms with Crippen molar-refractivity contribution < 1.29 is 10.0 Å². The molecule has 1 aromatic rings. The Hall–Kier alpha value is -1.84. The molecule has 1 amide bonds. The van der Waals surface area contributed by atoms with Gasteiger partial charge in [0.15, 0.2) is 0 Å². The smallest absolute Gasteiger partial charge is 0.221 e. The number of nitrogens with zero attached hydrogens (tertiary/aromatic N) is 1. The lowest BCUT2D eigenvalue weighted by Gasteiger charge is -2.00. The molecule has 0 atom stereocenters. The zero-order valence-corrected chi connectivity index (χ0v) is 7.19. The molecule has 0 fully saturated rings. The van der Waals surface area contributed by atoms with Crippen LogP contribution in [0, 0.1) is 0 Å². The van der Waals surface area contributed by atoms with Crippen LogP contribution < -0.4 is 5.32 Å². The van der Waals surface area contributed by atoms with E-state index in [9.17, 15) is 4.79 Å². The summed E-state index contributed by atoms with van der Waals surface area (Å²) in [7, 11) is 0. The fourth-order valence-corrected chi connectivity index (χ4v) is 0.922. The predicted molar refractivity (Wildman–Crippen MR) is 50.1 cm³/mol. The molecule has 2 N–H and O–H groups in total. The lowest BCUT2D eigenvalue weighted by molar-refractivity contribution is -0.114. The topological polar surface area (TPSA) is 61.7 Å². The maximum absolute atomic E-state index is 10.6. The number of rotatable bonds is 2. The molecule has 0 bridgehead atoms. The zero-order valence-electron chi connectivity index (χ0n) is 7.19. The SMILES string of the molecule is CC(=O)Nc1ccc(/C=N/O)cc1. The molecule has 4 heteroatoms. The van der Waals surface area contributed by atoms with Gasteiger partial charge in [0.05, 0.1) is 6.21 Å². The minimum absolute atomic E-state index is 0.108. The van der Waals surface area contributed by atoms with E-state index >= 15 is 0 Å². The molecule has 1 aromatic carbocycles. The minimum atomic E-state index is -0.108. The number of carbonyl (C=O) groups excluding carboxylic acids is 1. The van der Waals surface area contributed by atoms with Gasteiger partial charge in [0, 0.05) is 12.6 Å². The molecule has 0 aromatic heterocycles. The van der Waals surface area contributed by atoms with Crippen LogP contribution in [0.4, 0.5) is 5.69 Å². The van der Waals surface area contributed by atoms with Gasteiger partial charge in [-0.05, 0) is 17.7 Å². The van der Waals surface area contributed by atoms with Gasteiger partial charge < -0.3 is 10.5 Å². The second-order valence-corrected chi connectivity index (χ2v) is 2.55. The van der Waals surface area contributed by atoms with Gasteiger partial charge in [0.1, 0.15) is 0 Å². The van der Waals surface area contributed by atoms with Crippen LogP contribution in [-0.4, -0.2) is 17.3 Å². The number of hydrogen-bond acceptors (Lipinski definition) is 3. The van der Waals surface area contributed by atoms with Gasteiger partial charge >= 0.3 is 0 Å².